The van der Waals surface area contributed by atoms with Crippen molar-refractivity contribution in [3.63, 3.8) is 0 Å². The van der Waals surface area contributed by atoms with E-state index < -0.39 is 0 Å². The van der Waals surface area contributed by atoms with Crippen LogP contribution in [0.5, 0.6) is 5.75 Å². The minimum absolute atomic E-state index is 0. The topological polar surface area (TPSA) is 35.2 Å². The van der Waals surface area contributed by atoms with E-state index in [1.54, 1.807) is 7.11 Å². The van der Waals surface area contributed by atoms with Gasteiger partial charge in [0.2, 0.25) is 0 Å². The van der Waals surface area contributed by atoms with E-state index >= 15 is 0 Å². The Hall–Kier alpha value is -0.730. The zero-order chi connectivity index (χ0) is 12.0. The highest BCUT2D eigenvalue weighted by molar-refractivity contribution is 5.85. The first kappa shape index (κ1) is 16.3. The molecule has 98 valence electrons. The van der Waals surface area contributed by atoms with Gasteiger partial charge in [0.15, 0.2) is 0 Å². The molecule has 0 amide bonds. The molecule has 3 heteroatoms. The summed E-state index contributed by atoms with van der Waals surface area (Å²) in [5, 5.41) is 0. The molecule has 2 nitrogen and oxygen atoms in total. The highest BCUT2D eigenvalue weighted by Gasteiger charge is 2.07. The number of hydrogen-bond donors (Lipinski definition) is 1. The highest BCUT2D eigenvalue weighted by Crippen LogP contribution is 2.24. The van der Waals surface area contributed by atoms with Gasteiger partial charge >= 0.3 is 0 Å². The van der Waals surface area contributed by atoms with Crippen LogP contribution in [0.15, 0.2) is 18.2 Å². The molecule has 0 saturated heterocycles. The second kappa shape index (κ2) is 8.37. The summed E-state index contributed by atoms with van der Waals surface area (Å²) in [5.41, 5.74) is 8.53. The van der Waals surface area contributed by atoms with Gasteiger partial charge in [0.1, 0.15) is 5.75 Å². The summed E-state index contributed by atoms with van der Waals surface area (Å²) in [6, 6.07) is 6.37. The summed E-state index contributed by atoms with van der Waals surface area (Å²) >= 11 is 0. The van der Waals surface area contributed by atoms with Crippen LogP contribution in [-0.4, -0.2) is 7.11 Å². The molecule has 0 saturated carbocycles. The van der Waals surface area contributed by atoms with Crippen molar-refractivity contribution in [2.45, 2.75) is 45.6 Å². The first-order chi connectivity index (χ1) is 7.69. The van der Waals surface area contributed by atoms with Gasteiger partial charge in [0.25, 0.3) is 0 Å². The lowest BCUT2D eigenvalue weighted by Gasteiger charge is -2.14. The van der Waals surface area contributed by atoms with Crippen LogP contribution in [0.4, 0.5) is 0 Å². The second-order valence-electron chi connectivity index (χ2n) is 4.33. The number of ether oxygens (including phenoxy) is 1. The molecule has 0 aromatic heterocycles. The molecule has 1 aromatic carbocycles. The largest absolute Gasteiger partial charge is 0.496 e. The van der Waals surface area contributed by atoms with Crippen molar-refractivity contribution in [3.8, 4) is 5.75 Å². The molecule has 0 spiro atoms. The minimum atomic E-state index is 0. The first-order valence-corrected chi connectivity index (χ1v) is 6.09. The Morgan fingerprint density at radius 3 is 2.53 bits per heavy atom. The minimum Gasteiger partial charge on any atom is -0.496 e. The van der Waals surface area contributed by atoms with Crippen molar-refractivity contribution in [2.24, 2.45) is 5.73 Å². The standard InChI is InChI=1S/C14H23NO.ClH/c1-4-5-6-7-13(15)12-8-9-14(16-3)11(2)10-12;/h8-10,13H,4-7,15H2,1-3H3;1H/t13-;/m1./s1. The fourth-order valence-corrected chi connectivity index (χ4v) is 1.91. The van der Waals surface area contributed by atoms with E-state index in [0.717, 1.165) is 17.7 Å². The summed E-state index contributed by atoms with van der Waals surface area (Å²) in [6.45, 7) is 4.27. The van der Waals surface area contributed by atoms with Gasteiger partial charge in [-0.1, -0.05) is 38.3 Å². The summed E-state index contributed by atoms with van der Waals surface area (Å²) in [5.74, 6) is 0.935. The third-order valence-electron chi connectivity index (χ3n) is 2.97. The number of aryl methyl sites for hydroxylation is 1. The third-order valence-corrected chi connectivity index (χ3v) is 2.97. The number of hydrogen-bond acceptors (Lipinski definition) is 2. The first-order valence-electron chi connectivity index (χ1n) is 6.09. The number of methoxy groups -OCH3 is 1. The van der Waals surface area contributed by atoms with Crippen LogP contribution in [0.25, 0.3) is 0 Å². The van der Waals surface area contributed by atoms with Crippen molar-refractivity contribution >= 4 is 12.4 Å². The van der Waals surface area contributed by atoms with Crippen LogP contribution in [0.2, 0.25) is 0 Å². The molecule has 0 radical (unpaired) electrons. The molecule has 0 aliphatic rings. The van der Waals surface area contributed by atoms with Crippen molar-refractivity contribution in [1.29, 1.82) is 0 Å². The predicted molar refractivity (Wildman–Crippen MR) is 76.0 cm³/mol. The fourth-order valence-electron chi connectivity index (χ4n) is 1.91. The van der Waals surface area contributed by atoms with E-state index in [0.29, 0.717) is 0 Å². The van der Waals surface area contributed by atoms with Crippen LogP contribution >= 0.6 is 12.4 Å². The lowest BCUT2D eigenvalue weighted by molar-refractivity contribution is 0.411. The molecule has 0 bridgehead atoms. The van der Waals surface area contributed by atoms with Gasteiger partial charge in [-0.2, -0.15) is 0 Å². The Balaban J connectivity index is 0.00000256. The maximum Gasteiger partial charge on any atom is 0.121 e. The molecule has 1 aromatic rings. The molecular formula is C14H24ClNO. The Bertz CT molecular complexity index is 328. The van der Waals surface area contributed by atoms with Gasteiger partial charge < -0.3 is 10.5 Å². The Kier molecular flexibility index (Phi) is 8.01. The molecule has 0 aliphatic heterocycles. The number of rotatable bonds is 6. The predicted octanol–water partition coefficient (Wildman–Crippen LogP) is 4.01. The lowest BCUT2D eigenvalue weighted by atomic mass is 9.99. The van der Waals surface area contributed by atoms with Crippen LogP contribution in [0, 0.1) is 6.92 Å². The molecular weight excluding hydrogens is 234 g/mol. The fraction of sp³-hybridized carbons (Fsp3) is 0.571. The Morgan fingerprint density at radius 2 is 2.00 bits per heavy atom. The number of benzene rings is 1. The van der Waals surface area contributed by atoms with Crippen LogP contribution in [-0.2, 0) is 0 Å². The van der Waals surface area contributed by atoms with Gasteiger partial charge in [-0.05, 0) is 30.5 Å². The molecule has 0 unspecified atom stereocenters. The van der Waals surface area contributed by atoms with E-state index in [-0.39, 0.29) is 18.4 Å². The summed E-state index contributed by atoms with van der Waals surface area (Å²) in [7, 11) is 1.70. The molecule has 1 rings (SSSR count). The average Bonchev–Trinajstić information content (AvgIpc) is 2.29. The van der Waals surface area contributed by atoms with E-state index in [2.05, 4.69) is 26.0 Å². The second-order valence-corrected chi connectivity index (χ2v) is 4.33. The summed E-state index contributed by atoms with van der Waals surface area (Å²) in [4.78, 5) is 0. The quantitative estimate of drug-likeness (QED) is 0.782. The number of halogens is 1. The van der Waals surface area contributed by atoms with Crippen molar-refractivity contribution < 1.29 is 4.74 Å². The maximum absolute atomic E-state index is 6.16. The van der Waals surface area contributed by atoms with Crippen LogP contribution < -0.4 is 10.5 Å². The Labute approximate surface area is 111 Å². The molecule has 2 N–H and O–H groups in total. The van der Waals surface area contributed by atoms with Gasteiger partial charge in [-0.15, -0.1) is 12.4 Å². The average molecular weight is 258 g/mol. The molecule has 0 aliphatic carbocycles. The smallest absolute Gasteiger partial charge is 0.121 e. The molecule has 1 atom stereocenters. The van der Waals surface area contributed by atoms with E-state index in [9.17, 15) is 0 Å². The van der Waals surface area contributed by atoms with Crippen molar-refractivity contribution in [1.82, 2.24) is 0 Å². The van der Waals surface area contributed by atoms with Crippen molar-refractivity contribution in [3.05, 3.63) is 29.3 Å². The molecule has 0 fully saturated rings. The van der Waals surface area contributed by atoms with Gasteiger partial charge in [0.05, 0.1) is 7.11 Å². The molecule has 17 heavy (non-hydrogen) atoms. The van der Waals surface area contributed by atoms with Gasteiger partial charge in [-0.25, -0.2) is 0 Å². The maximum atomic E-state index is 6.16. The van der Waals surface area contributed by atoms with E-state index in [4.69, 9.17) is 10.5 Å². The van der Waals surface area contributed by atoms with E-state index in [1.165, 1.54) is 24.8 Å². The van der Waals surface area contributed by atoms with Gasteiger partial charge in [-0.3, -0.25) is 0 Å². The van der Waals surface area contributed by atoms with Crippen LogP contribution in [0.1, 0.15) is 49.8 Å². The monoisotopic (exact) mass is 257 g/mol. The zero-order valence-corrected chi connectivity index (χ0v) is 11.8. The normalized spacial score (nSPS) is 11.8. The van der Waals surface area contributed by atoms with Crippen molar-refractivity contribution in [2.75, 3.05) is 7.11 Å². The van der Waals surface area contributed by atoms with E-state index in [1.807, 2.05) is 6.07 Å². The SMILES string of the molecule is CCCCC[C@@H](N)c1ccc(OC)c(C)c1.Cl. The lowest BCUT2D eigenvalue weighted by Crippen LogP contribution is -2.10. The zero-order valence-electron chi connectivity index (χ0n) is 11.0. The number of nitrogens with two attached hydrogens (primary N) is 1. The summed E-state index contributed by atoms with van der Waals surface area (Å²) in [6.07, 6.45) is 4.79. The summed E-state index contributed by atoms with van der Waals surface area (Å²) < 4.78 is 5.24. The molecule has 0 heterocycles. The van der Waals surface area contributed by atoms with Crippen LogP contribution in [0.3, 0.4) is 0 Å². The Morgan fingerprint density at radius 1 is 1.29 bits per heavy atom. The number of unbranched alkanes of at least 4 members (excludes halogenated alkanes) is 2. The van der Waals surface area contributed by atoms with Gasteiger partial charge in [0, 0.05) is 6.04 Å². The third kappa shape index (κ3) is 4.97. The highest BCUT2D eigenvalue weighted by atomic mass is 35.5.